The molecule has 0 saturated carbocycles. The Hall–Kier alpha value is -3.42. The second-order valence-corrected chi connectivity index (χ2v) is 7.74. The van der Waals surface area contributed by atoms with Gasteiger partial charge in [-0.25, -0.2) is 9.48 Å². The quantitative estimate of drug-likeness (QED) is 0.509. The summed E-state index contributed by atoms with van der Waals surface area (Å²) < 4.78 is 6.21. The summed E-state index contributed by atoms with van der Waals surface area (Å²) in [4.78, 5) is 30.7. The SMILES string of the molecule is Cc1nn(-c2nc3c(c(=O)n(CCCc4ccccc4)c(=O)n3C)n2C)c(C)c1C. The zero-order chi connectivity index (χ0) is 21.6. The third kappa shape index (κ3) is 3.08. The fourth-order valence-electron chi connectivity index (χ4n) is 3.82. The molecule has 0 aliphatic rings. The predicted octanol–water partition coefficient (Wildman–Crippen LogP) is 2.18. The molecule has 4 aromatic rings. The molecule has 8 nitrogen and oxygen atoms in total. The lowest BCUT2D eigenvalue weighted by Gasteiger charge is -2.09. The van der Waals surface area contributed by atoms with Crippen LogP contribution < -0.4 is 11.2 Å². The van der Waals surface area contributed by atoms with E-state index in [0.717, 1.165) is 23.4 Å². The van der Waals surface area contributed by atoms with Crippen molar-refractivity contribution in [1.29, 1.82) is 0 Å². The van der Waals surface area contributed by atoms with E-state index in [-0.39, 0.29) is 11.2 Å². The average molecular weight is 406 g/mol. The molecule has 156 valence electrons. The van der Waals surface area contributed by atoms with Crippen LogP contribution in [0.1, 0.15) is 28.9 Å². The number of hydrogen-bond acceptors (Lipinski definition) is 4. The molecule has 0 bridgehead atoms. The van der Waals surface area contributed by atoms with E-state index < -0.39 is 0 Å². The Morgan fingerprint density at radius 1 is 0.967 bits per heavy atom. The second kappa shape index (κ2) is 7.44. The first kappa shape index (κ1) is 19.9. The molecule has 0 N–H and O–H groups in total. The van der Waals surface area contributed by atoms with Crippen LogP contribution in [0.15, 0.2) is 39.9 Å². The Labute approximate surface area is 174 Å². The fraction of sp³-hybridized carbons (Fsp3) is 0.364. The van der Waals surface area contributed by atoms with Crippen LogP contribution in [0.25, 0.3) is 17.1 Å². The molecular weight excluding hydrogens is 380 g/mol. The van der Waals surface area contributed by atoms with Crippen LogP contribution in [0.4, 0.5) is 0 Å². The van der Waals surface area contributed by atoms with E-state index in [2.05, 4.69) is 10.1 Å². The number of imidazole rings is 1. The van der Waals surface area contributed by atoms with Crippen LogP contribution in [-0.4, -0.2) is 28.5 Å². The average Bonchev–Trinajstić information content (AvgIpc) is 3.21. The number of nitrogens with zero attached hydrogens (tertiary/aromatic N) is 6. The van der Waals surface area contributed by atoms with Gasteiger partial charge in [-0.15, -0.1) is 0 Å². The number of benzene rings is 1. The van der Waals surface area contributed by atoms with Gasteiger partial charge in [0, 0.05) is 26.3 Å². The first-order valence-corrected chi connectivity index (χ1v) is 10.0. The molecule has 3 aromatic heterocycles. The number of aromatic nitrogens is 6. The summed E-state index contributed by atoms with van der Waals surface area (Å²) in [5, 5.41) is 4.56. The van der Waals surface area contributed by atoms with E-state index in [1.807, 2.05) is 51.1 Å². The zero-order valence-electron chi connectivity index (χ0n) is 18.0. The highest BCUT2D eigenvalue weighted by atomic mass is 16.2. The molecule has 0 amide bonds. The van der Waals surface area contributed by atoms with Crippen LogP contribution in [0.5, 0.6) is 0 Å². The molecule has 0 fully saturated rings. The van der Waals surface area contributed by atoms with Crippen molar-refractivity contribution >= 4 is 11.2 Å². The van der Waals surface area contributed by atoms with Crippen molar-refractivity contribution in [2.45, 2.75) is 40.2 Å². The molecule has 0 aliphatic carbocycles. The molecule has 30 heavy (non-hydrogen) atoms. The Bertz CT molecular complexity index is 1350. The molecule has 0 saturated heterocycles. The van der Waals surface area contributed by atoms with Gasteiger partial charge in [0.2, 0.25) is 5.95 Å². The summed E-state index contributed by atoms with van der Waals surface area (Å²) in [6.45, 7) is 6.27. The van der Waals surface area contributed by atoms with E-state index >= 15 is 0 Å². The van der Waals surface area contributed by atoms with E-state index in [0.29, 0.717) is 30.1 Å². The Morgan fingerprint density at radius 2 is 1.67 bits per heavy atom. The van der Waals surface area contributed by atoms with E-state index in [1.54, 1.807) is 23.3 Å². The van der Waals surface area contributed by atoms with Crippen molar-refractivity contribution < 1.29 is 0 Å². The van der Waals surface area contributed by atoms with Crippen molar-refractivity contribution in [2.75, 3.05) is 0 Å². The molecule has 1 aromatic carbocycles. The van der Waals surface area contributed by atoms with Crippen LogP contribution in [-0.2, 0) is 27.1 Å². The van der Waals surface area contributed by atoms with Crippen molar-refractivity contribution in [2.24, 2.45) is 14.1 Å². The zero-order valence-corrected chi connectivity index (χ0v) is 18.0. The lowest BCUT2D eigenvalue weighted by molar-refractivity contribution is 0.571. The molecule has 4 rings (SSSR count). The number of aryl methyl sites for hydroxylation is 4. The van der Waals surface area contributed by atoms with Crippen molar-refractivity contribution in [3.63, 3.8) is 0 Å². The van der Waals surface area contributed by atoms with Gasteiger partial charge in [-0.05, 0) is 44.7 Å². The minimum absolute atomic E-state index is 0.319. The Balaban J connectivity index is 1.79. The third-order valence-electron chi connectivity index (χ3n) is 5.87. The highest BCUT2D eigenvalue weighted by Gasteiger charge is 2.21. The summed E-state index contributed by atoms with van der Waals surface area (Å²) in [7, 11) is 3.44. The van der Waals surface area contributed by atoms with Gasteiger partial charge in [0.25, 0.3) is 5.56 Å². The van der Waals surface area contributed by atoms with Crippen molar-refractivity contribution in [3.8, 4) is 5.95 Å². The lowest BCUT2D eigenvalue weighted by atomic mass is 10.1. The highest BCUT2D eigenvalue weighted by molar-refractivity contribution is 5.72. The van der Waals surface area contributed by atoms with E-state index in [9.17, 15) is 9.59 Å². The van der Waals surface area contributed by atoms with Crippen molar-refractivity contribution in [1.82, 2.24) is 28.5 Å². The topological polar surface area (TPSA) is 79.6 Å². The van der Waals surface area contributed by atoms with Gasteiger partial charge in [-0.3, -0.25) is 13.9 Å². The number of rotatable bonds is 5. The van der Waals surface area contributed by atoms with Crippen molar-refractivity contribution in [3.05, 3.63) is 73.7 Å². The molecule has 0 spiro atoms. The summed E-state index contributed by atoms with van der Waals surface area (Å²) in [6, 6.07) is 10.1. The summed E-state index contributed by atoms with van der Waals surface area (Å²) in [5.74, 6) is 0.521. The minimum atomic E-state index is -0.352. The maximum absolute atomic E-state index is 13.2. The normalized spacial score (nSPS) is 11.5. The molecule has 8 heteroatoms. The molecule has 3 heterocycles. The highest BCUT2D eigenvalue weighted by Crippen LogP contribution is 2.18. The van der Waals surface area contributed by atoms with Crippen LogP contribution >= 0.6 is 0 Å². The maximum Gasteiger partial charge on any atom is 0.332 e. The predicted molar refractivity (Wildman–Crippen MR) is 116 cm³/mol. The van der Waals surface area contributed by atoms with Crippen LogP contribution in [0, 0.1) is 20.8 Å². The number of hydrogen-bond donors (Lipinski definition) is 0. The van der Waals surface area contributed by atoms with Crippen LogP contribution in [0.2, 0.25) is 0 Å². The second-order valence-electron chi connectivity index (χ2n) is 7.74. The fourth-order valence-corrected chi connectivity index (χ4v) is 3.82. The van der Waals surface area contributed by atoms with Gasteiger partial charge in [0.15, 0.2) is 11.2 Å². The largest absolute Gasteiger partial charge is 0.332 e. The molecule has 0 unspecified atom stereocenters. The number of fused-ring (bicyclic) bond motifs is 1. The van der Waals surface area contributed by atoms with Gasteiger partial charge < -0.3 is 4.57 Å². The maximum atomic E-state index is 13.2. The summed E-state index contributed by atoms with van der Waals surface area (Å²) in [5.41, 5.74) is 4.23. The standard InChI is InChI=1S/C22H26N6O2/c1-14-15(2)24-28(16(14)3)21-23-19-18(25(21)4)20(29)27(22(30)26(19)5)13-9-12-17-10-7-6-8-11-17/h6-8,10-11H,9,12-13H2,1-5H3. The summed E-state index contributed by atoms with van der Waals surface area (Å²) >= 11 is 0. The molecule has 0 aliphatic heterocycles. The Morgan fingerprint density at radius 3 is 2.30 bits per heavy atom. The summed E-state index contributed by atoms with van der Waals surface area (Å²) in [6.07, 6.45) is 1.50. The monoisotopic (exact) mass is 406 g/mol. The van der Waals surface area contributed by atoms with Gasteiger partial charge >= 0.3 is 5.69 Å². The molecular formula is C22H26N6O2. The molecule has 0 atom stereocenters. The van der Waals surface area contributed by atoms with Gasteiger partial charge in [-0.1, -0.05) is 30.3 Å². The van der Waals surface area contributed by atoms with E-state index in [1.165, 1.54) is 14.7 Å². The van der Waals surface area contributed by atoms with Gasteiger partial charge in [0.1, 0.15) is 0 Å². The van der Waals surface area contributed by atoms with E-state index in [4.69, 9.17) is 0 Å². The first-order chi connectivity index (χ1) is 14.3. The van der Waals surface area contributed by atoms with Crippen LogP contribution in [0.3, 0.4) is 0 Å². The molecule has 0 radical (unpaired) electrons. The van der Waals surface area contributed by atoms with Gasteiger partial charge in [-0.2, -0.15) is 10.1 Å². The third-order valence-corrected chi connectivity index (χ3v) is 5.87. The minimum Gasteiger partial charge on any atom is -0.306 e. The van der Waals surface area contributed by atoms with Gasteiger partial charge in [0.05, 0.1) is 5.69 Å². The smallest absolute Gasteiger partial charge is 0.306 e. The first-order valence-electron chi connectivity index (χ1n) is 10.0. The Kier molecular flexibility index (Phi) is 4.93. The lowest BCUT2D eigenvalue weighted by Crippen LogP contribution is -2.39.